The minimum atomic E-state index is -2.13. The van der Waals surface area contributed by atoms with Gasteiger partial charge in [0.1, 0.15) is 17.5 Å². The van der Waals surface area contributed by atoms with E-state index in [0.29, 0.717) is 17.5 Å². The van der Waals surface area contributed by atoms with Gasteiger partial charge >= 0.3 is 6.09 Å². The van der Waals surface area contributed by atoms with Crippen molar-refractivity contribution in [1.29, 1.82) is 0 Å². The van der Waals surface area contributed by atoms with Crippen molar-refractivity contribution in [3.05, 3.63) is 94.0 Å². The number of morpholine rings is 1. The van der Waals surface area contributed by atoms with Crippen LogP contribution in [0.25, 0.3) is 0 Å². The molecule has 2 amide bonds. The summed E-state index contributed by atoms with van der Waals surface area (Å²) in [5.41, 5.74) is 1.21. The normalized spacial score (nSPS) is 18.2. The molecule has 1 aliphatic rings. The van der Waals surface area contributed by atoms with E-state index in [1.807, 2.05) is 6.92 Å². The molecule has 1 aromatic heterocycles. The molecular formula is C36H45ClF3N3O5Si. The molecule has 1 aliphatic heterocycles. The Morgan fingerprint density at radius 2 is 1.84 bits per heavy atom. The first kappa shape index (κ1) is 38.4. The summed E-state index contributed by atoms with van der Waals surface area (Å²) in [4.78, 5) is 31.1. The van der Waals surface area contributed by atoms with Crippen LogP contribution in [-0.4, -0.2) is 67.2 Å². The van der Waals surface area contributed by atoms with Gasteiger partial charge in [0.2, 0.25) is 5.91 Å². The third-order valence-electron chi connectivity index (χ3n) is 9.79. The zero-order chi connectivity index (χ0) is 36.1. The molecule has 2 aromatic carbocycles. The van der Waals surface area contributed by atoms with E-state index in [0.717, 1.165) is 6.20 Å². The molecule has 4 unspecified atom stereocenters. The average molecular weight is 720 g/mol. The SMILES string of the molecule is CCC(Cc1c(F)cncc1NC(=O)CC(c1cccc(F)c1)c1ccc(Cl)c(F)c1)C1CN(C(=O)O)C(CO[Si](C)(C)C(C)(C)C)CO1. The van der Waals surface area contributed by atoms with Gasteiger partial charge in [-0.15, -0.1) is 0 Å². The number of carboxylic acid groups (broad SMARTS) is 1. The van der Waals surface area contributed by atoms with Crippen molar-refractivity contribution >= 4 is 37.6 Å². The second-order valence-corrected chi connectivity index (χ2v) is 19.3. The van der Waals surface area contributed by atoms with Crippen molar-refractivity contribution in [3.8, 4) is 0 Å². The van der Waals surface area contributed by atoms with Crippen LogP contribution in [0.4, 0.5) is 23.7 Å². The largest absolute Gasteiger partial charge is 0.465 e. The van der Waals surface area contributed by atoms with Gasteiger partial charge in [0.25, 0.3) is 0 Å². The molecule has 0 bridgehead atoms. The Kier molecular flexibility index (Phi) is 12.6. The van der Waals surface area contributed by atoms with Crippen LogP contribution in [0, 0.1) is 23.4 Å². The van der Waals surface area contributed by atoms with Gasteiger partial charge < -0.3 is 19.6 Å². The van der Waals surface area contributed by atoms with E-state index in [9.17, 15) is 23.5 Å². The highest BCUT2D eigenvalue weighted by Crippen LogP contribution is 2.37. The van der Waals surface area contributed by atoms with E-state index < -0.39 is 55.8 Å². The predicted molar refractivity (Wildman–Crippen MR) is 186 cm³/mol. The maximum absolute atomic E-state index is 15.4. The Morgan fingerprint density at radius 3 is 2.47 bits per heavy atom. The van der Waals surface area contributed by atoms with E-state index in [1.165, 1.54) is 41.4 Å². The molecule has 4 rings (SSSR count). The Hall–Kier alpha value is -3.45. The average Bonchev–Trinajstić information content (AvgIpc) is 3.03. The molecule has 0 aliphatic carbocycles. The summed E-state index contributed by atoms with van der Waals surface area (Å²) in [6.07, 6.45) is 1.27. The number of carbonyl (C=O) groups is 2. The molecule has 49 heavy (non-hydrogen) atoms. The lowest BCUT2D eigenvalue weighted by atomic mass is 9.87. The highest BCUT2D eigenvalue weighted by molar-refractivity contribution is 6.74. The minimum Gasteiger partial charge on any atom is -0.465 e. The van der Waals surface area contributed by atoms with E-state index in [2.05, 4.69) is 44.2 Å². The van der Waals surface area contributed by atoms with Gasteiger partial charge in [-0.25, -0.2) is 18.0 Å². The van der Waals surface area contributed by atoms with Crippen LogP contribution in [0.3, 0.4) is 0 Å². The summed E-state index contributed by atoms with van der Waals surface area (Å²) < 4.78 is 56.6. The van der Waals surface area contributed by atoms with Crippen LogP contribution in [0.15, 0.2) is 54.9 Å². The number of aromatic nitrogens is 1. The van der Waals surface area contributed by atoms with E-state index in [-0.39, 0.29) is 59.8 Å². The Balaban J connectivity index is 1.51. The number of hydrogen-bond acceptors (Lipinski definition) is 5. The fourth-order valence-electron chi connectivity index (χ4n) is 5.74. The fourth-order valence-corrected chi connectivity index (χ4v) is 6.90. The van der Waals surface area contributed by atoms with Crippen molar-refractivity contribution in [2.75, 3.05) is 25.1 Å². The van der Waals surface area contributed by atoms with Gasteiger partial charge in [-0.2, -0.15) is 0 Å². The van der Waals surface area contributed by atoms with Gasteiger partial charge in [0.15, 0.2) is 8.32 Å². The van der Waals surface area contributed by atoms with E-state index >= 15 is 4.39 Å². The van der Waals surface area contributed by atoms with Crippen LogP contribution >= 0.6 is 11.6 Å². The maximum atomic E-state index is 15.4. The maximum Gasteiger partial charge on any atom is 0.407 e. The Morgan fingerprint density at radius 1 is 1.12 bits per heavy atom. The first-order chi connectivity index (χ1) is 23.0. The van der Waals surface area contributed by atoms with Crippen molar-refractivity contribution in [3.63, 3.8) is 0 Å². The molecule has 3 aromatic rings. The predicted octanol–water partition coefficient (Wildman–Crippen LogP) is 8.65. The molecule has 13 heteroatoms. The number of nitrogens with zero attached hydrogens (tertiary/aromatic N) is 2. The lowest BCUT2D eigenvalue weighted by Gasteiger charge is -2.43. The molecule has 2 heterocycles. The molecular weight excluding hydrogens is 675 g/mol. The summed E-state index contributed by atoms with van der Waals surface area (Å²) in [5, 5.41) is 12.7. The van der Waals surface area contributed by atoms with Gasteiger partial charge in [-0.05, 0) is 65.9 Å². The van der Waals surface area contributed by atoms with E-state index in [1.54, 1.807) is 12.1 Å². The molecule has 1 fully saturated rings. The quantitative estimate of drug-likeness (QED) is 0.182. The first-order valence-electron chi connectivity index (χ1n) is 16.4. The standard InChI is InChI=1S/C36H45ClF3N3O5Si/c1-7-22(33-19-43(35(45)46)26(20-47-33)21-48-49(5,6)36(2,3)4)14-28-31(40)17-41-18-32(28)42-34(44)16-27(23-9-8-10-25(38)13-23)24-11-12-29(37)30(39)15-24/h8-13,15,17-18,22,26-27,33H,7,14,16,19-21H2,1-6H3,(H,42,44)(H,45,46). The molecule has 4 atom stereocenters. The van der Waals surface area contributed by atoms with E-state index in [4.69, 9.17) is 20.8 Å². The molecule has 2 N–H and O–H groups in total. The number of ether oxygens (including phenoxy) is 1. The van der Waals surface area contributed by atoms with Crippen LogP contribution in [0.1, 0.15) is 63.1 Å². The third-order valence-corrected chi connectivity index (χ3v) is 14.6. The molecule has 1 saturated heterocycles. The second-order valence-electron chi connectivity index (χ2n) is 14.1. The highest BCUT2D eigenvalue weighted by atomic mass is 35.5. The number of pyridine rings is 1. The van der Waals surface area contributed by atoms with Crippen molar-refractivity contribution < 1.29 is 37.0 Å². The zero-order valence-electron chi connectivity index (χ0n) is 28.7. The number of amides is 2. The second kappa shape index (κ2) is 16.1. The molecule has 0 saturated carbocycles. The summed E-state index contributed by atoms with van der Waals surface area (Å²) in [6.45, 7) is 12.9. The number of hydrogen-bond donors (Lipinski definition) is 2. The molecule has 0 spiro atoms. The minimum absolute atomic E-state index is 0.0394. The lowest BCUT2D eigenvalue weighted by molar-refractivity contribution is -0.116. The van der Waals surface area contributed by atoms with Gasteiger partial charge in [0, 0.05) is 17.9 Å². The fraction of sp³-hybridized carbons (Fsp3) is 0.472. The Labute approximate surface area is 292 Å². The molecule has 8 nitrogen and oxygen atoms in total. The van der Waals surface area contributed by atoms with Crippen LogP contribution < -0.4 is 5.32 Å². The third kappa shape index (κ3) is 9.62. The number of carbonyl (C=O) groups excluding carboxylic acids is 1. The zero-order valence-corrected chi connectivity index (χ0v) is 30.5. The number of anilines is 1. The van der Waals surface area contributed by atoms with Gasteiger partial charge in [-0.1, -0.05) is 63.9 Å². The van der Waals surface area contributed by atoms with Crippen LogP contribution in [-0.2, 0) is 20.4 Å². The number of nitrogens with one attached hydrogen (secondary N) is 1. The van der Waals surface area contributed by atoms with Crippen LogP contribution in [0.2, 0.25) is 23.2 Å². The van der Waals surface area contributed by atoms with Gasteiger partial charge in [-0.3, -0.25) is 14.7 Å². The first-order valence-corrected chi connectivity index (χ1v) is 19.7. The van der Waals surface area contributed by atoms with Crippen LogP contribution in [0.5, 0.6) is 0 Å². The summed E-state index contributed by atoms with van der Waals surface area (Å²) in [7, 11) is -2.13. The Bertz CT molecular complexity index is 1640. The monoisotopic (exact) mass is 719 g/mol. The van der Waals surface area contributed by atoms with Gasteiger partial charge in [0.05, 0.1) is 55.0 Å². The molecule has 266 valence electrons. The topological polar surface area (TPSA) is 101 Å². The van der Waals surface area contributed by atoms with Crippen molar-refractivity contribution in [2.24, 2.45) is 5.92 Å². The smallest absolute Gasteiger partial charge is 0.407 e. The lowest BCUT2D eigenvalue weighted by Crippen LogP contribution is -2.57. The molecule has 0 radical (unpaired) electrons. The number of halogens is 4. The number of rotatable bonds is 12. The summed E-state index contributed by atoms with van der Waals surface area (Å²) in [5.74, 6) is -3.38. The highest BCUT2D eigenvalue weighted by Gasteiger charge is 2.41. The summed E-state index contributed by atoms with van der Waals surface area (Å²) >= 11 is 5.89. The van der Waals surface area contributed by atoms with Crippen molar-refractivity contribution in [1.82, 2.24) is 9.88 Å². The van der Waals surface area contributed by atoms with Crippen molar-refractivity contribution in [2.45, 2.75) is 83.2 Å². The number of benzene rings is 2. The summed E-state index contributed by atoms with van der Waals surface area (Å²) in [6, 6.07) is 9.37.